The molecule has 152 valence electrons. The normalized spacial score (nSPS) is 10.8. The smallest absolute Gasteiger partial charge is 0.361 e. The molecular weight excluding hydrogens is 404 g/mol. The van der Waals surface area contributed by atoms with Gasteiger partial charge in [-0.05, 0) is 25.1 Å². The van der Waals surface area contributed by atoms with Crippen LogP contribution in [0.25, 0.3) is 11.1 Å². The number of aromatic nitrogens is 3. The number of carbonyl (C=O) groups excluding carboxylic acids is 2. The van der Waals surface area contributed by atoms with Gasteiger partial charge in [-0.1, -0.05) is 16.8 Å². The largest absolute Gasteiger partial charge is 0.495 e. The zero-order chi connectivity index (χ0) is 21.1. The molecule has 0 bridgehead atoms. The molecule has 10 nitrogen and oxygen atoms in total. The van der Waals surface area contributed by atoms with Gasteiger partial charge in [0.15, 0.2) is 0 Å². The first-order valence-electron chi connectivity index (χ1n) is 8.49. The van der Waals surface area contributed by atoms with Gasteiger partial charge in [0.2, 0.25) is 11.6 Å². The van der Waals surface area contributed by atoms with E-state index in [4.69, 9.17) is 25.6 Å². The number of ether oxygens (including phenoxy) is 2. The van der Waals surface area contributed by atoms with Gasteiger partial charge >= 0.3 is 5.97 Å². The second-order valence-electron chi connectivity index (χ2n) is 5.88. The van der Waals surface area contributed by atoms with Crippen molar-refractivity contribution in [2.45, 2.75) is 13.5 Å². The van der Waals surface area contributed by atoms with Crippen LogP contribution in [0.3, 0.4) is 0 Å². The second kappa shape index (κ2) is 8.31. The number of anilines is 1. The third kappa shape index (κ3) is 3.92. The maximum absolute atomic E-state index is 12.8. The molecule has 1 amide bonds. The Kier molecular flexibility index (Phi) is 5.83. The fourth-order valence-corrected chi connectivity index (χ4v) is 2.81. The van der Waals surface area contributed by atoms with Crippen molar-refractivity contribution < 1.29 is 23.6 Å². The summed E-state index contributed by atoms with van der Waals surface area (Å²) in [5, 5.41) is 3.83. The summed E-state index contributed by atoms with van der Waals surface area (Å²) in [5.74, 6) is -0.812. The Morgan fingerprint density at radius 2 is 2.10 bits per heavy atom. The first kappa shape index (κ1) is 20.3. The fourth-order valence-electron chi connectivity index (χ4n) is 2.64. The number of nitrogens with zero attached hydrogens (tertiary/aromatic N) is 4. The van der Waals surface area contributed by atoms with E-state index in [9.17, 15) is 14.4 Å². The Balaban J connectivity index is 1.94. The minimum Gasteiger partial charge on any atom is -0.495 e. The summed E-state index contributed by atoms with van der Waals surface area (Å²) in [6.45, 7) is 1.38. The number of carbonyl (C=O) groups is 2. The van der Waals surface area contributed by atoms with Crippen molar-refractivity contribution >= 4 is 40.3 Å². The minimum atomic E-state index is -0.810. The number of hydrogen-bond acceptors (Lipinski definition) is 8. The number of halogens is 1. The zero-order valence-corrected chi connectivity index (χ0v) is 16.6. The van der Waals surface area contributed by atoms with Crippen molar-refractivity contribution in [2.75, 3.05) is 25.7 Å². The molecule has 0 aliphatic rings. The van der Waals surface area contributed by atoms with E-state index < -0.39 is 17.4 Å². The summed E-state index contributed by atoms with van der Waals surface area (Å²) in [5.41, 5.74) is -0.624. The maximum atomic E-state index is 12.8. The van der Waals surface area contributed by atoms with Crippen LogP contribution in [-0.2, 0) is 16.1 Å². The highest BCUT2D eigenvalue weighted by Crippen LogP contribution is 2.30. The van der Waals surface area contributed by atoms with Crippen molar-refractivity contribution in [3.05, 3.63) is 45.6 Å². The van der Waals surface area contributed by atoms with Crippen LogP contribution in [0.15, 0.2) is 33.8 Å². The molecule has 3 rings (SSSR count). The van der Waals surface area contributed by atoms with Crippen LogP contribution in [0.4, 0.5) is 5.69 Å². The lowest BCUT2D eigenvalue weighted by Gasteiger charge is -2.20. The number of benzene rings is 1. The van der Waals surface area contributed by atoms with Gasteiger partial charge in [0, 0.05) is 12.1 Å². The molecule has 29 heavy (non-hydrogen) atoms. The number of rotatable bonds is 6. The molecular formula is C18H17ClN4O6. The van der Waals surface area contributed by atoms with E-state index in [0.717, 1.165) is 10.9 Å². The quantitative estimate of drug-likeness (QED) is 0.555. The Morgan fingerprint density at radius 1 is 1.34 bits per heavy atom. The highest BCUT2D eigenvalue weighted by molar-refractivity contribution is 6.31. The van der Waals surface area contributed by atoms with Crippen LogP contribution in [0, 0.1) is 0 Å². The molecule has 3 aromatic rings. The molecule has 0 atom stereocenters. The first-order chi connectivity index (χ1) is 13.9. The van der Waals surface area contributed by atoms with Crippen molar-refractivity contribution in [3.8, 4) is 5.75 Å². The minimum absolute atomic E-state index is 0.104. The van der Waals surface area contributed by atoms with E-state index in [1.54, 1.807) is 25.1 Å². The van der Waals surface area contributed by atoms with E-state index >= 15 is 0 Å². The molecule has 0 saturated heterocycles. The molecule has 0 N–H and O–H groups in total. The number of amides is 1. The Morgan fingerprint density at radius 3 is 2.79 bits per heavy atom. The molecule has 0 spiro atoms. The molecule has 0 aliphatic heterocycles. The SMILES string of the molecule is CCOC(=O)c1noc2ncn(CC(=O)N(C)c3cc(Cl)ccc3OC)c(=O)c12. The van der Waals surface area contributed by atoms with Gasteiger partial charge in [-0.3, -0.25) is 14.2 Å². The van der Waals surface area contributed by atoms with Gasteiger partial charge in [-0.25, -0.2) is 9.78 Å². The van der Waals surface area contributed by atoms with Gasteiger partial charge in [-0.2, -0.15) is 0 Å². The number of methoxy groups -OCH3 is 1. The molecule has 2 heterocycles. The lowest BCUT2D eigenvalue weighted by Crippen LogP contribution is -2.34. The lowest BCUT2D eigenvalue weighted by atomic mass is 10.2. The molecule has 11 heteroatoms. The average molecular weight is 421 g/mol. The number of esters is 1. The van der Waals surface area contributed by atoms with Crippen LogP contribution in [-0.4, -0.2) is 47.3 Å². The van der Waals surface area contributed by atoms with E-state index in [-0.39, 0.29) is 29.9 Å². The van der Waals surface area contributed by atoms with Gasteiger partial charge in [-0.15, -0.1) is 0 Å². The summed E-state index contributed by atoms with van der Waals surface area (Å²) in [4.78, 5) is 42.8. The monoisotopic (exact) mass is 420 g/mol. The maximum Gasteiger partial charge on any atom is 0.361 e. The summed E-state index contributed by atoms with van der Waals surface area (Å²) < 4.78 is 16.1. The average Bonchev–Trinajstić information content (AvgIpc) is 3.14. The van der Waals surface area contributed by atoms with Crippen molar-refractivity contribution in [3.63, 3.8) is 0 Å². The van der Waals surface area contributed by atoms with Crippen molar-refractivity contribution in [2.24, 2.45) is 0 Å². The summed E-state index contributed by atoms with van der Waals surface area (Å²) in [7, 11) is 2.99. The van der Waals surface area contributed by atoms with Crippen molar-refractivity contribution in [1.82, 2.24) is 14.7 Å². The lowest BCUT2D eigenvalue weighted by molar-refractivity contribution is -0.118. The Labute approximate surface area is 169 Å². The predicted octanol–water partition coefficient (Wildman–Crippen LogP) is 1.89. The van der Waals surface area contributed by atoms with Crippen molar-refractivity contribution in [1.29, 1.82) is 0 Å². The van der Waals surface area contributed by atoms with Crippen LogP contribution < -0.4 is 15.2 Å². The molecule has 0 unspecified atom stereocenters. The van der Waals surface area contributed by atoms with E-state index in [2.05, 4.69) is 10.1 Å². The van der Waals surface area contributed by atoms with Gasteiger partial charge in [0.25, 0.3) is 11.3 Å². The Hall–Kier alpha value is -3.40. The fraction of sp³-hybridized carbons (Fsp3) is 0.278. The molecule has 1 aromatic carbocycles. The first-order valence-corrected chi connectivity index (χ1v) is 8.87. The van der Waals surface area contributed by atoms with Crippen LogP contribution in [0.5, 0.6) is 5.75 Å². The van der Waals surface area contributed by atoms with Crippen LogP contribution >= 0.6 is 11.6 Å². The highest BCUT2D eigenvalue weighted by atomic mass is 35.5. The zero-order valence-electron chi connectivity index (χ0n) is 15.8. The molecule has 0 saturated carbocycles. The molecule has 0 fully saturated rings. The standard InChI is InChI=1S/C18H17ClN4O6/c1-4-28-18(26)15-14-16(29-21-15)20-9-23(17(14)25)8-13(24)22(2)11-7-10(19)5-6-12(11)27-3/h5-7,9H,4,8H2,1-3H3. The summed E-state index contributed by atoms with van der Waals surface area (Å²) >= 11 is 6.01. The van der Waals surface area contributed by atoms with Gasteiger partial charge < -0.3 is 18.9 Å². The molecule has 2 aromatic heterocycles. The predicted molar refractivity (Wildman–Crippen MR) is 103 cm³/mol. The molecule has 0 radical (unpaired) electrons. The van der Waals surface area contributed by atoms with Gasteiger partial charge in [0.1, 0.15) is 24.0 Å². The van der Waals surface area contributed by atoms with E-state index in [1.165, 1.54) is 19.1 Å². The van der Waals surface area contributed by atoms with Crippen LogP contribution in [0.2, 0.25) is 5.02 Å². The van der Waals surface area contributed by atoms with E-state index in [0.29, 0.717) is 16.5 Å². The third-order valence-corrected chi connectivity index (χ3v) is 4.35. The summed E-state index contributed by atoms with van der Waals surface area (Å²) in [6.07, 6.45) is 1.14. The Bertz CT molecular complexity index is 1140. The van der Waals surface area contributed by atoms with Gasteiger partial charge in [0.05, 0.1) is 19.4 Å². The number of likely N-dealkylation sites (N-methyl/N-ethyl adjacent to an activating group) is 1. The summed E-state index contributed by atoms with van der Waals surface area (Å²) in [6, 6.07) is 4.83. The van der Waals surface area contributed by atoms with E-state index in [1.807, 2.05) is 0 Å². The number of fused-ring (bicyclic) bond motifs is 1. The topological polar surface area (TPSA) is 117 Å². The van der Waals surface area contributed by atoms with Crippen LogP contribution in [0.1, 0.15) is 17.4 Å². The molecule has 0 aliphatic carbocycles. The highest BCUT2D eigenvalue weighted by Gasteiger charge is 2.24. The number of hydrogen-bond donors (Lipinski definition) is 0. The third-order valence-electron chi connectivity index (χ3n) is 4.11. The second-order valence-corrected chi connectivity index (χ2v) is 6.31.